The van der Waals surface area contributed by atoms with Gasteiger partial charge in [0, 0.05) is 22.5 Å². The largest absolute Gasteiger partial charge is 0.396 e. The van der Waals surface area contributed by atoms with E-state index in [1.807, 2.05) is 13.8 Å². The molecule has 0 bridgehead atoms. The van der Waals surface area contributed by atoms with Crippen molar-refractivity contribution in [3.8, 4) is 0 Å². The molecule has 0 aliphatic heterocycles. The normalized spacial score (nSPS) is 13.1. The van der Waals surface area contributed by atoms with Crippen LogP contribution in [0.25, 0.3) is 0 Å². The van der Waals surface area contributed by atoms with E-state index in [4.69, 9.17) is 5.73 Å². The zero-order valence-electron chi connectivity index (χ0n) is 9.21. The quantitative estimate of drug-likeness (QED) is 0.901. The van der Waals surface area contributed by atoms with Gasteiger partial charge in [0.15, 0.2) is 0 Å². The van der Waals surface area contributed by atoms with E-state index in [0.29, 0.717) is 5.56 Å². The van der Waals surface area contributed by atoms with E-state index >= 15 is 0 Å². The van der Waals surface area contributed by atoms with Gasteiger partial charge in [0.1, 0.15) is 5.82 Å². The standard InChI is InChI=1S/C11H15BrFNO.ClH/c1-11(2,6-15)10(14)8-5-7(13)3-4-9(8)12;/h3-5,10,15H,6,14H2,1-2H3;1H/t10-;/m0./s1. The van der Waals surface area contributed by atoms with Crippen LogP contribution in [0.1, 0.15) is 25.5 Å². The zero-order valence-corrected chi connectivity index (χ0v) is 11.6. The van der Waals surface area contributed by atoms with E-state index in [9.17, 15) is 9.50 Å². The van der Waals surface area contributed by atoms with E-state index in [2.05, 4.69) is 15.9 Å². The molecule has 0 spiro atoms. The van der Waals surface area contributed by atoms with E-state index in [0.717, 1.165) is 4.47 Å². The monoisotopic (exact) mass is 311 g/mol. The summed E-state index contributed by atoms with van der Waals surface area (Å²) in [7, 11) is 0. The van der Waals surface area contributed by atoms with E-state index in [1.54, 1.807) is 6.07 Å². The number of nitrogens with two attached hydrogens (primary N) is 1. The van der Waals surface area contributed by atoms with Crippen molar-refractivity contribution in [3.63, 3.8) is 0 Å². The van der Waals surface area contributed by atoms with Gasteiger partial charge in [-0.15, -0.1) is 12.4 Å². The van der Waals surface area contributed by atoms with Crippen molar-refractivity contribution < 1.29 is 9.50 Å². The van der Waals surface area contributed by atoms with Crippen LogP contribution < -0.4 is 5.73 Å². The van der Waals surface area contributed by atoms with Crippen molar-refractivity contribution >= 4 is 28.3 Å². The highest BCUT2D eigenvalue weighted by Crippen LogP contribution is 2.34. The Balaban J connectivity index is 0.00000225. The molecule has 1 atom stereocenters. The lowest BCUT2D eigenvalue weighted by atomic mass is 9.82. The van der Waals surface area contributed by atoms with Gasteiger partial charge in [0.2, 0.25) is 0 Å². The fourth-order valence-corrected chi connectivity index (χ4v) is 1.77. The molecule has 16 heavy (non-hydrogen) atoms. The summed E-state index contributed by atoms with van der Waals surface area (Å²) in [5, 5.41) is 9.20. The summed E-state index contributed by atoms with van der Waals surface area (Å²) in [5.41, 5.74) is 6.20. The lowest BCUT2D eigenvalue weighted by Crippen LogP contribution is -2.32. The molecule has 5 heteroatoms. The fraction of sp³-hybridized carbons (Fsp3) is 0.455. The highest BCUT2D eigenvalue weighted by atomic mass is 79.9. The zero-order chi connectivity index (χ0) is 11.6. The van der Waals surface area contributed by atoms with Crippen molar-refractivity contribution in [2.24, 2.45) is 11.1 Å². The van der Waals surface area contributed by atoms with Crippen molar-refractivity contribution in [2.75, 3.05) is 6.61 Å². The minimum absolute atomic E-state index is 0. The Bertz CT molecular complexity index is 360. The molecular weight excluding hydrogens is 296 g/mol. The molecule has 0 heterocycles. The average molecular weight is 313 g/mol. The summed E-state index contributed by atoms with van der Waals surface area (Å²) in [6, 6.07) is 3.98. The third kappa shape index (κ3) is 3.42. The molecule has 0 fully saturated rings. The summed E-state index contributed by atoms with van der Waals surface area (Å²) in [6.07, 6.45) is 0. The van der Waals surface area contributed by atoms with E-state index in [-0.39, 0.29) is 24.8 Å². The number of aliphatic hydroxyl groups is 1. The van der Waals surface area contributed by atoms with Crippen LogP contribution in [-0.4, -0.2) is 11.7 Å². The van der Waals surface area contributed by atoms with Crippen molar-refractivity contribution in [2.45, 2.75) is 19.9 Å². The summed E-state index contributed by atoms with van der Waals surface area (Å²) < 4.78 is 13.8. The highest BCUT2D eigenvalue weighted by Gasteiger charge is 2.28. The first kappa shape index (κ1) is 15.8. The highest BCUT2D eigenvalue weighted by molar-refractivity contribution is 9.10. The molecule has 1 aromatic rings. The Hall–Kier alpha value is -0.160. The van der Waals surface area contributed by atoms with Gasteiger partial charge >= 0.3 is 0 Å². The second-order valence-corrected chi connectivity index (χ2v) is 5.14. The average Bonchev–Trinajstić information content (AvgIpc) is 2.20. The molecular formula is C11H16BrClFNO. The second-order valence-electron chi connectivity index (χ2n) is 4.29. The van der Waals surface area contributed by atoms with Crippen LogP contribution in [0.2, 0.25) is 0 Å². The molecule has 1 rings (SSSR count). The number of rotatable bonds is 3. The Morgan fingerprint density at radius 3 is 2.56 bits per heavy atom. The first-order chi connectivity index (χ1) is 6.88. The van der Waals surface area contributed by atoms with Crippen LogP contribution in [0.15, 0.2) is 22.7 Å². The minimum atomic E-state index is -0.476. The molecule has 0 saturated heterocycles. The third-order valence-electron chi connectivity index (χ3n) is 2.54. The van der Waals surface area contributed by atoms with Gasteiger partial charge in [-0.2, -0.15) is 0 Å². The molecule has 0 saturated carbocycles. The number of hydrogen-bond acceptors (Lipinski definition) is 2. The number of benzene rings is 1. The molecule has 1 aromatic carbocycles. The predicted octanol–water partition coefficient (Wildman–Crippen LogP) is 3.03. The molecule has 0 radical (unpaired) electrons. The summed E-state index contributed by atoms with van der Waals surface area (Å²) >= 11 is 3.32. The topological polar surface area (TPSA) is 46.2 Å². The Morgan fingerprint density at radius 1 is 1.50 bits per heavy atom. The maximum atomic E-state index is 13.1. The fourth-order valence-electron chi connectivity index (χ4n) is 1.27. The third-order valence-corrected chi connectivity index (χ3v) is 3.26. The summed E-state index contributed by atoms with van der Waals surface area (Å²) in [5.74, 6) is -0.322. The van der Waals surface area contributed by atoms with Crippen LogP contribution in [0.4, 0.5) is 4.39 Å². The van der Waals surface area contributed by atoms with Crippen LogP contribution in [0.5, 0.6) is 0 Å². The van der Waals surface area contributed by atoms with Gasteiger partial charge < -0.3 is 10.8 Å². The van der Waals surface area contributed by atoms with Crippen LogP contribution >= 0.6 is 28.3 Å². The first-order valence-electron chi connectivity index (χ1n) is 4.70. The molecule has 3 N–H and O–H groups in total. The number of aliphatic hydroxyl groups excluding tert-OH is 1. The Kier molecular flexibility index (Phi) is 5.90. The van der Waals surface area contributed by atoms with Gasteiger partial charge in [-0.25, -0.2) is 4.39 Å². The molecule has 92 valence electrons. The number of hydrogen-bond donors (Lipinski definition) is 2. The SMILES string of the molecule is CC(C)(CO)[C@@H](N)c1cc(F)ccc1Br.Cl. The van der Waals surface area contributed by atoms with Gasteiger partial charge in [0.05, 0.1) is 0 Å². The van der Waals surface area contributed by atoms with E-state index < -0.39 is 11.5 Å². The van der Waals surface area contributed by atoms with Crippen molar-refractivity contribution in [3.05, 3.63) is 34.1 Å². The molecule has 2 nitrogen and oxygen atoms in total. The maximum absolute atomic E-state index is 13.1. The molecule has 0 aliphatic carbocycles. The Morgan fingerprint density at radius 2 is 2.06 bits per heavy atom. The second kappa shape index (κ2) is 5.96. The lowest BCUT2D eigenvalue weighted by molar-refractivity contribution is 0.132. The van der Waals surface area contributed by atoms with Crippen LogP contribution in [-0.2, 0) is 0 Å². The smallest absolute Gasteiger partial charge is 0.123 e. The van der Waals surface area contributed by atoms with Gasteiger partial charge in [-0.1, -0.05) is 29.8 Å². The maximum Gasteiger partial charge on any atom is 0.123 e. The molecule has 0 aliphatic rings. The Labute approximate surface area is 110 Å². The van der Waals surface area contributed by atoms with Gasteiger partial charge in [-0.05, 0) is 23.8 Å². The summed E-state index contributed by atoms with van der Waals surface area (Å²) in [4.78, 5) is 0. The van der Waals surface area contributed by atoms with Gasteiger partial charge in [0.25, 0.3) is 0 Å². The lowest BCUT2D eigenvalue weighted by Gasteiger charge is -2.30. The summed E-state index contributed by atoms with van der Waals surface area (Å²) in [6.45, 7) is 3.64. The molecule has 0 amide bonds. The van der Waals surface area contributed by atoms with Gasteiger partial charge in [-0.3, -0.25) is 0 Å². The van der Waals surface area contributed by atoms with Crippen molar-refractivity contribution in [1.29, 1.82) is 0 Å². The first-order valence-corrected chi connectivity index (χ1v) is 5.49. The minimum Gasteiger partial charge on any atom is -0.396 e. The van der Waals surface area contributed by atoms with Crippen molar-refractivity contribution in [1.82, 2.24) is 0 Å². The van der Waals surface area contributed by atoms with Crippen LogP contribution in [0, 0.1) is 11.2 Å². The predicted molar refractivity (Wildman–Crippen MR) is 69.1 cm³/mol. The van der Waals surface area contributed by atoms with E-state index in [1.165, 1.54) is 12.1 Å². The molecule has 0 unspecified atom stereocenters. The number of halogens is 3. The van der Waals surface area contributed by atoms with Crippen LogP contribution in [0.3, 0.4) is 0 Å². The molecule has 0 aromatic heterocycles.